The summed E-state index contributed by atoms with van der Waals surface area (Å²) in [4.78, 5) is 22.7. The lowest BCUT2D eigenvalue weighted by Crippen LogP contribution is -2.49. The van der Waals surface area contributed by atoms with Crippen LogP contribution in [-0.4, -0.2) is 74.2 Å². The van der Waals surface area contributed by atoms with Crippen LogP contribution in [0.5, 0.6) is 5.75 Å². The maximum atomic E-state index is 12.6. The number of nitrogens with zero attached hydrogens (tertiary/aromatic N) is 4. The van der Waals surface area contributed by atoms with E-state index in [1.807, 2.05) is 4.90 Å². The van der Waals surface area contributed by atoms with Gasteiger partial charge in [-0.1, -0.05) is 11.6 Å². The molecule has 9 nitrogen and oxygen atoms in total. The van der Waals surface area contributed by atoms with Gasteiger partial charge in [-0.2, -0.15) is 4.31 Å². The standard InChI is InChI=1S/C19H24ClN5O4S/c1-29-17-5-4-15(20)14-16(17)18(26)21-8-3-13-30(27,28)25-11-9-24(10-12-25)19-22-6-2-7-23-19/h2,4-7,14H,3,8-13H2,1H3,(H,21,26). The van der Waals surface area contributed by atoms with Crippen LogP contribution < -0.4 is 15.0 Å². The molecule has 11 heteroatoms. The van der Waals surface area contributed by atoms with Crippen molar-refractivity contribution in [3.63, 3.8) is 0 Å². The van der Waals surface area contributed by atoms with E-state index in [4.69, 9.17) is 16.3 Å². The number of benzene rings is 1. The zero-order chi connectivity index (χ0) is 21.6. The molecule has 1 aromatic carbocycles. The third kappa shape index (κ3) is 5.59. The number of halogens is 1. The van der Waals surface area contributed by atoms with Crippen LogP contribution in [-0.2, 0) is 10.0 Å². The van der Waals surface area contributed by atoms with Crippen LogP contribution in [0, 0.1) is 0 Å². The Kier molecular flexibility index (Phi) is 7.46. The molecular formula is C19H24ClN5O4S. The number of hydrogen-bond donors (Lipinski definition) is 1. The molecule has 1 aromatic heterocycles. The molecule has 1 aliphatic rings. The Balaban J connectivity index is 1.46. The second kappa shape index (κ2) is 10.1. The number of hydrogen-bond acceptors (Lipinski definition) is 7. The number of carbonyl (C=O) groups is 1. The highest BCUT2D eigenvalue weighted by atomic mass is 35.5. The summed E-state index contributed by atoms with van der Waals surface area (Å²) in [5, 5.41) is 3.14. The van der Waals surface area contributed by atoms with Gasteiger partial charge >= 0.3 is 0 Å². The van der Waals surface area contributed by atoms with Crippen LogP contribution in [0.4, 0.5) is 5.95 Å². The Labute approximate surface area is 181 Å². The van der Waals surface area contributed by atoms with E-state index in [0.717, 1.165) is 0 Å². The van der Waals surface area contributed by atoms with Gasteiger partial charge in [0.15, 0.2) is 0 Å². The van der Waals surface area contributed by atoms with Gasteiger partial charge < -0.3 is 15.0 Å². The average Bonchev–Trinajstić information content (AvgIpc) is 2.77. The molecule has 1 N–H and O–H groups in total. The number of methoxy groups -OCH3 is 1. The molecule has 3 rings (SSSR count). The monoisotopic (exact) mass is 453 g/mol. The smallest absolute Gasteiger partial charge is 0.255 e. The van der Waals surface area contributed by atoms with Gasteiger partial charge in [-0.15, -0.1) is 0 Å². The Hall–Kier alpha value is -2.43. The minimum absolute atomic E-state index is 0.0399. The molecule has 0 saturated carbocycles. The second-order valence-electron chi connectivity index (χ2n) is 6.70. The first-order valence-electron chi connectivity index (χ1n) is 9.52. The van der Waals surface area contributed by atoms with Crippen LogP contribution in [0.25, 0.3) is 0 Å². The summed E-state index contributed by atoms with van der Waals surface area (Å²) in [5.41, 5.74) is 0.312. The van der Waals surface area contributed by atoms with E-state index in [1.165, 1.54) is 17.5 Å². The molecular weight excluding hydrogens is 430 g/mol. The first-order valence-corrected chi connectivity index (χ1v) is 11.5. The van der Waals surface area contributed by atoms with Crippen LogP contribution in [0.2, 0.25) is 5.02 Å². The highest BCUT2D eigenvalue weighted by molar-refractivity contribution is 7.89. The van der Waals surface area contributed by atoms with Gasteiger partial charge in [-0.05, 0) is 30.7 Å². The first-order chi connectivity index (χ1) is 14.4. The molecule has 1 saturated heterocycles. The summed E-state index contributed by atoms with van der Waals surface area (Å²) < 4.78 is 31.9. The maximum absolute atomic E-state index is 12.6. The zero-order valence-electron chi connectivity index (χ0n) is 16.6. The van der Waals surface area contributed by atoms with Gasteiger partial charge in [-0.3, -0.25) is 4.79 Å². The average molecular weight is 454 g/mol. The van der Waals surface area contributed by atoms with Crippen molar-refractivity contribution >= 4 is 33.5 Å². The van der Waals surface area contributed by atoms with Gasteiger partial charge in [0.25, 0.3) is 5.91 Å². The molecule has 1 fully saturated rings. The second-order valence-corrected chi connectivity index (χ2v) is 9.23. The number of ether oxygens (including phenoxy) is 1. The van der Waals surface area contributed by atoms with E-state index in [1.54, 1.807) is 30.6 Å². The Morgan fingerprint density at radius 1 is 1.20 bits per heavy atom. The number of aromatic nitrogens is 2. The van der Waals surface area contributed by atoms with Gasteiger partial charge in [0.1, 0.15) is 5.75 Å². The van der Waals surface area contributed by atoms with Crippen molar-refractivity contribution in [2.75, 3.05) is 50.5 Å². The van der Waals surface area contributed by atoms with E-state index >= 15 is 0 Å². The number of carbonyl (C=O) groups excluding carboxylic acids is 1. The topological polar surface area (TPSA) is 105 Å². The molecule has 0 spiro atoms. The van der Waals surface area contributed by atoms with Crippen molar-refractivity contribution in [2.45, 2.75) is 6.42 Å². The van der Waals surface area contributed by atoms with Crippen molar-refractivity contribution in [3.8, 4) is 5.75 Å². The lowest BCUT2D eigenvalue weighted by Gasteiger charge is -2.33. The molecule has 1 amide bonds. The number of nitrogens with one attached hydrogen (secondary N) is 1. The lowest BCUT2D eigenvalue weighted by atomic mass is 10.2. The highest BCUT2D eigenvalue weighted by Gasteiger charge is 2.27. The summed E-state index contributed by atoms with van der Waals surface area (Å²) in [6, 6.07) is 6.50. The Morgan fingerprint density at radius 3 is 2.57 bits per heavy atom. The zero-order valence-corrected chi connectivity index (χ0v) is 18.2. The lowest BCUT2D eigenvalue weighted by molar-refractivity contribution is 0.0950. The van der Waals surface area contributed by atoms with Crippen LogP contribution in [0.15, 0.2) is 36.7 Å². The molecule has 0 bridgehead atoms. The molecule has 162 valence electrons. The molecule has 0 atom stereocenters. The van der Waals surface area contributed by atoms with Crippen molar-refractivity contribution in [1.82, 2.24) is 19.6 Å². The molecule has 0 aliphatic carbocycles. The fourth-order valence-electron chi connectivity index (χ4n) is 3.16. The molecule has 30 heavy (non-hydrogen) atoms. The quantitative estimate of drug-likeness (QED) is 0.602. The van der Waals surface area contributed by atoms with Crippen LogP contribution >= 0.6 is 11.6 Å². The number of amides is 1. The van der Waals surface area contributed by atoms with Gasteiger partial charge in [-0.25, -0.2) is 18.4 Å². The van der Waals surface area contributed by atoms with Crippen molar-refractivity contribution < 1.29 is 17.9 Å². The van der Waals surface area contributed by atoms with E-state index in [0.29, 0.717) is 54.9 Å². The summed E-state index contributed by atoms with van der Waals surface area (Å²) >= 11 is 5.94. The molecule has 0 unspecified atom stereocenters. The normalized spacial score (nSPS) is 15.1. The third-order valence-electron chi connectivity index (χ3n) is 4.74. The Bertz CT molecular complexity index is 966. The van der Waals surface area contributed by atoms with E-state index in [9.17, 15) is 13.2 Å². The van der Waals surface area contributed by atoms with Crippen molar-refractivity contribution in [3.05, 3.63) is 47.2 Å². The minimum Gasteiger partial charge on any atom is -0.496 e. The maximum Gasteiger partial charge on any atom is 0.255 e. The number of sulfonamides is 1. The fraction of sp³-hybridized carbons (Fsp3) is 0.421. The van der Waals surface area contributed by atoms with Gasteiger partial charge in [0.05, 0.1) is 18.4 Å². The number of rotatable bonds is 8. The van der Waals surface area contributed by atoms with Crippen LogP contribution in [0.3, 0.4) is 0 Å². The minimum atomic E-state index is -3.40. The third-order valence-corrected chi connectivity index (χ3v) is 6.93. The summed E-state index contributed by atoms with van der Waals surface area (Å²) in [6.07, 6.45) is 3.64. The van der Waals surface area contributed by atoms with Crippen molar-refractivity contribution in [1.29, 1.82) is 0 Å². The highest BCUT2D eigenvalue weighted by Crippen LogP contribution is 2.22. The molecule has 1 aliphatic heterocycles. The van der Waals surface area contributed by atoms with E-state index in [-0.39, 0.29) is 18.2 Å². The molecule has 2 heterocycles. The van der Waals surface area contributed by atoms with Gasteiger partial charge in [0, 0.05) is 50.1 Å². The fourth-order valence-corrected chi connectivity index (χ4v) is 4.82. The summed E-state index contributed by atoms with van der Waals surface area (Å²) in [6.45, 7) is 2.06. The van der Waals surface area contributed by atoms with E-state index in [2.05, 4.69) is 15.3 Å². The van der Waals surface area contributed by atoms with Gasteiger partial charge in [0.2, 0.25) is 16.0 Å². The predicted octanol–water partition coefficient (Wildman–Crippen LogP) is 1.41. The largest absolute Gasteiger partial charge is 0.496 e. The van der Waals surface area contributed by atoms with Crippen LogP contribution in [0.1, 0.15) is 16.8 Å². The number of piperazine rings is 1. The SMILES string of the molecule is COc1ccc(Cl)cc1C(=O)NCCCS(=O)(=O)N1CCN(c2ncccn2)CC1. The molecule has 2 aromatic rings. The van der Waals surface area contributed by atoms with E-state index < -0.39 is 10.0 Å². The summed E-state index contributed by atoms with van der Waals surface area (Å²) in [5.74, 6) is 0.614. The predicted molar refractivity (Wildman–Crippen MR) is 115 cm³/mol. The Morgan fingerprint density at radius 2 is 1.90 bits per heavy atom. The first kappa shape index (κ1) is 22.3. The number of anilines is 1. The van der Waals surface area contributed by atoms with Crippen molar-refractivity contribution in [2.24, 2.45) is 0 Å². The molecule has 0 radical (unpaired) electrons. The summed E-state index contributed by atoms with van der Waals surface area (Å²) in [7, 11) is -1.93.